The molecule has 1 aromatic heterocycles. The van der Waals surface area contributed by atoms with Gasteiger partial charge in [0.25, 0.3) is 0 Å². The lowest BCUT2D eigenvalue weighted by molar-refractivity contribution is -0.125. The summed E-state index contributed by atoms with van der Waals surface area (Å²) in [5, 5.41) is 6.88. The minimum absolute atomic E-state index is 0.175. The molecule has 0 spiro atoms. The number of carbonyl (C=O) groups excluding carboxylic acids is 1. The second kappa shape index (κ2) is 5.86. The van der Waals surface area contributed by atoms with Crippen LogP contribution in [0.2, 0.25) is 0 Å². The topological polar surface area (TPSA) is 76.2 Å². The number of hydrogen-bond acceptors (Lipinski definition) is 4. The lowest BCUT2D eigenvalue weighted by Crippen LogP contribution is -2.40. The smallest absolute Gasteiger partial charge is 0.222 e. The molecular weight excluding hydrogens is 230 g/mol. The molecule has 0 aromatic carbocycles. The first-order chi connectivity index (χ1) is 8.69. The molecule has 0 aliphatic carbocycles. The lowest BCUT2D eigenvalue weighted by Gasteiger charge is -2.30. The van der Waals surface area contributed by atoms with Crippen LogP contribution in [-0.2, 0) is 11.3 Å². The van der Waals surface area contributed by atoms with Crippen molar-refractivity contribution in [2.75, 3.05) is 32.4 Å². The molecule has 1 amide bonds. The van der Waals surface area contributed by atoms with E-state index in [1.54, 1.807) is 13.2 Å². The Balaban J connectivity index is 1.72. The molecule has 1 aliphatic heterocycles. The van der Waals surface area contributed by atoms with Crippen LogP contribution >= 0.6 is 0 Å². The van der Waals surface area contributed by atoms with Gasteiger partial charge in [-0.3, -0.25) is 9.48 Å². The van der Waals surface area contributed by atoms with Crippen LogP contribution in [0.3, 0.4) is 0 Å². The normalized spacial score (nSPS) is 17.8. The highest BCUT2D eigenvalue weighted by Gasteiger charge is 2.23. The van der Waals surface area contributed by atoms with E-state index in [4.69, 9.17) is 5.73 Å². The molecular formula is C12H21N5O. The lowest BCUT2D eigenvalue weighted by atomic mass is 9.96. The van der Waals surface area contributed by atoms with Crippen LogP contribution in [0, 0.1) is 5.92 Å². The molecule has 3 N–H and O–H groups in total. The number of nitrogen functional groups attached to an aromatic ring is 1. The summed E-state index contributed by atoms with van der Waals surface area (Å²) in [4.78, 5) is 13.9. The Kier molecular flexibility index (Phi) is 4.19. The number of carbonyl (C=O) groups is 1. The molecule has 1 aliphatic rings. The minimum atomic E-state index is 0.175. The number of anilines is 1. The Morgan fingerprint density at radius 2 is 2.22 bits per heavy atom. The number of nitrogens with one attached hydrogen (secondary N) is 1. The summed E-state index contributed by atoms with van der Waals surface area (Å²) in [7, 11) is 1.71. The molecule has 18 heavy (non-hydrogen) atoms. The summed E-state index contributed by atoms with van der Waals surface area (Å²) < 4.78 is 1.86. The van der Waals surface area contributed by atoms with E-state index >= 15 is 0 Å². The van der Waals surface area contributed by atoms with Crippen LogP contribution in [0.15, 0.2) is 12.4 Å². The van der Waals surface area contributed by atoms with Gasteiger partial charge in [0.05, 0.1) is 18.4 Å². The summed E-state index contributed by atoms with van der Waals surface area (Å²) in [6.07, 6.45) is 5.40. The maximum atomic E-state index is 11.5. The summed E-state index contributed by atoms with van der Waals surface area (Å²) in [6.45, 7) is 3.77. The first-order valence-corrected chi connectivity index (χ1v) is 6.41. The van der Waals surface area contributed by atoms with Gasteiger partial charge < -0.3 is 16.0 Å². The zero-order valence-electron chi connectivity index (χ0n) is 10.8. The van der Waals surface area contributed by atoms with Crippen molar-refractivity contribution in [3.63, 3.8) is 0 Å². The third-order valence-electron chi connectivity index (χ3n) is 3.50. The fourth-order valence-electron chi connectivity index (χ4n) is 2.37. The van der Waals surface area contributed by atoms with Crippen LogP contribution in [0.1, 0.15) is 12.8 Å². The molecule has 0 bridgehead atoms. The first kappa shape index (κ1) is 12.9. The molecule has 0 saturated carbocycles. The second-order valence-corrected chi connectivity index (χ2v) is 4.77. The Morgan fingerprint density at radius 3 is 2.78 bits per heavy atom. The SMILES string of the molecule is CNC(=O)C1CCN(CCn2cc(N)cn2)CC1. The number of likely N-dealkylation sites (tertiary alicyclic amines) is 1. The number of hydrogen-bond donors (Lipinski definition) is 2. The van der Waals surface area contributed by atoms with Crippen molar-refractivity contribution in [2.45, 2.75) is 19.4 Å². The molecule has 1 saturated heterocycles. The minimum Gasteiger partial charge on any atom is -0.396 e. The van der Waals surface area contributed by atoms with E-state index in [-0.39, 0.29) is 11.8 Å². The summed E-state index contributed by atoms with van der Waals surface area (Å²) >= 11 is 0. The Labute approximate surface area is 107 Å². The number of nitrogens with two attached hydrogens (primary N) is 1. The average Bonchev–Trinajstić information content (AvgIpc) is 2.82. The van der Waals surface area contributed by atoms with Crippen molar-refractivity contribution in [1.29, 1.82) is 0 Å². The maximum absolute atomic E-state index is 11.5. The largest absolute Gasteiger partial charge is 0.396 e. The fraction of sp³-hybridized carbons (Fsp3) is 0.667. The van der Waals surface area contributed by atoms with Gasteiger partial charge in [0, 0.05) is 25.7 Å². The maximum Gasteiger partial charge on any atom is 0.222 e. The first-order valence-electron chi connectivity index (χ1n) is 6.41. The van der Waals surface area contributed by atoms with Gasteiger partial charge in [-0.05, 0) is 25.9 Å². The van der Waals surface area contributed by atoms with E-state index in [9.17, 15) is 4.79 Å². The molecule has 0 atom stereocenters. The van der Waals surface area contributed by atoms with Crippen molar-refractivity contribution in [3.05, 3.63) is 12.4 Å². The zero-order chi connectivity index (χ0) is 13.0. The highest BCUT2D eigenvalue weighted by Crippen LogP contribution is 2.17. The zero-order valence-corrected chi connectivity index (χ0v) is 10.8. The summed E-state index contributed by atoms with van der Waals surface area (Å²) in [6, 6.07) is 0. The van der Waals surface area contributed by atoms with Crippen molar-refractivity contribution in [3.8, 4) is 0 Å². The predicted molar refractivity (Wildman–Crippen MR) is 69.9 cm³/mol. The number of amides is 1. The van der Waals surface area contributed by atoms with E-state index in [1.165, 1.54) is 0 Å². The molecule has 6 heteroatoms. The van der Waals surface area contributed by atoms with Crippen LogP contribution < -0.4 is 11.1 Å². The second-order valence-electron chi connectivity index (χ2n) is 4.77. The van der Waals surface area contributed by atoms with Crippen LogP contribution in [-0.4, -0.2) is 47.3 Å². The highest BCUT2D eigenvalue weighted by molar-refractivity contribution is 5.78. The van der Waals surface area contributed by atoms with Gasteiger partial charge in [0.2, 0.25) is 5.91 Å². The highest BCUT2D eigenvalue weighted by atomic mass is 16.1. The number of nitrogens with zero attached hydrogens (tertiary/aromatic N) is 3. The van der Waals surface area contributed by atoms with E-state index in [2.05, 4.69) is 15.3 Å². The van der Waals surface area contributed by atoms with Crippen LogP contribution in [0.25, 0.3) is 0 Å². The summed E-state index contributed by atoms with van der Waals surface area (Å²) in [5.74, 6) is 0.362. The number of piperidine rings is 1. The predicted octanol–water partition coefficient (Wildman–Crippen LogP) is -0.0767. The quantitative estimate of drug-likeness (QED) is 0.785. The standard InChI is InChI=1S/C12H21N5O/c1-14-12(18)10-2-4-16(5-3-10)6-7-17-9-11(13)8-15-17/h8-10H,2-7,13H2,1H3,(H,14,18). The number of rotatable bonds is 4. The van der Waals surface area contributed by atoms with Gasteiger partial charge >= 0.3 is 0 Å². The molecule has 100 valence electrons. The van der Waals surface area contributed by atoms with Crippen LogP contribution in [0.5, 0.6) is 0 Å². The van der Waals surface area contributed by atoms with Crippen molar-refractivity contribution in [1.82, 2.24) is 20.0 Å². The third kappa shape index (κ3) is 3.22. The van der Waals surface area contributed by atoms with Crippen LogP contribution in [0.4, 0.5) is 5.69 Å². The monoisotopic (exact) mass is 251 g/mol. The molecule has 1 aromatic rings. The van der Waals surface area contributed by atoms with Crippen molar-refractivity contribution >= 4 is 11.6 Å². The number of aromatic nitrogens is 2. The molecule has 1 fully saturated rings. The van der Waals surface area contributed by atoms with Gasteiger partial charge in [0.1, 0.15) is 0 Å². The van der Waals surface area contributed by atoms with E-state index in [0.29, 0.717) is 5.69 Å². The molecule has 2 rings (SSSR count). The van der Waals surface area contributed by atoms with E-state index < -0.39 is 0 Å². The molecule has 6 nitrogen and oxygen atoms in total. The molecule has 0 radical (unpaired) electrons. The van der Waals surface area contributed by atoms with Crippen molar-refractivity contribution in [2.24, 2.45) is 5.92 Å². The molecule has 0 unspecified atom stereocenters. The Hall–Kier alpha value is -1.56. The van der Waals surface area contributed by atoms with Gasteiger partial charge in [0.15, 0.2) is 0 Å². The fourth-order valence-corrected chi connectivity index (χ4v) is 2.37. The van der Waals surface area contributed by atoms with Gasteiger partial charge in [-0.15, -0.1) is 0 Å². The summed E-state index contributed by atoms with van der Waals surface area (Å²) in [5.41, 5.74) is 6.31. The molecule has 2 heterocycles. The van der Waals surface area contributed by atoms with Gasteiger partial charge in [-0.25, -0.2) is 0 Å². The van der Waals surface area contributed by atoms with Gasteiger partial charge in [-0.2, -0.15) is 5.10 Å². The van der Waals surface area contributed by atoms with Crippen molar-refractivity contribution < 1.29 is 4.79 Å². The van der Waals surface area contributed by atoms with E-state index in [0.717, 1.165) is 39.0 Å². The Bertz CT molecular complexity index is 395. The average molecular weight is 251 g/mol. The van der Waals surface area contributed by atoms with E-state index in [1.807, 2.05) is 10.9 Å². The third-order valence-corrected chi connectivity index (χ3v) is 3.50. The Morgan fingerprint density at radius 1 is 1.50 bits per heavy atom. The van der Waals surface area contributed by atoms with Gasteiger partial charge in [-0.1, -0.05) is 0 Å².